The molecule has 0 heterocycles. The van der Waals surface area contributed by atoms with Crippen molar-refractivity contribution in [3.63, 3.8) is 0 Å². The summed E-state index contributed by atoms with van der Waals surface area (Å²) >= 11 is 0. The van der Waals surface area contributed by atoms with E-state index in [0.717, 1.165) is 18.2 Å². The lowest BCUT2D eigenvalue weighted by molar-refractivity contribution is -0.159. The summed E-state index contributed by atoms with van der Waals surface area (Å²) in [4.78, 5) is 11.1. The Labute approximate surface area is 96.5 Å². The molecule has 0 aromatic heterocycles. The zero-order valence-corrected chi connectivity index (χ0v) is 9.06. The first-order valence-corrected chi connectivity index (χ1v) is 4.95. The Morgan fingerprint density at radius 2 is 1.88 bits per heavy atom. The molecule has 0 aliphatic rings. The summed E-state index contributed by atoms with van der Waals surface area (Å²) in [6.07, 6.45) is -4.03. The summed E-state index contributed by atoms with van der Waals surface area (Å²) in [7, 11) is 0. The number of hydrogen-bond acceptors (Lipinski definition) is 4. The molecule has 0 saturated heterocycles. The Balaban J connectivity index is 2.96. The smallest absolute Gasteiger partial charge is 0.338 e. The maximum absolute atomic E-state index is 13.2. The van der Waals surface area contributed by atoms with Gasteiger partial charge in [0.25, 0.3) is 0 Å². The summed E-state index contributed by atoms with van der Waals surface area (Å²) in [5.41, 5.74) is -0.756. The molecule has 0 spiro atoms. The van der Waals surface area contributed by atoms with E-state index in [1.165, 1.54) is 6.92 Å². The molecule has 17 heavy (non-hydrogen) atoms. The van der Waals surface area contributed by atoms with Crippen LogP contribution in [0, 0.1) is 11.6 Å². The van der Waals surface area contributed by atoms with Crippen LogP contribution in [-0.4, -0.2) is 28.9 Å². The van der Waals surface area contributed by atoms with Crippen LogP contribution in [0.25, 0.3) is 0 Å². The maximum atomic E-state index is 13.2. The third kappa shape index (κ3) is 2.98. The van der Waals surface area contributed by atoms with Crippen LogP contribution < -0.4 is 0 Å². The van der Waals surface area contributed by atoms with E-state index in [-0.39, 0.29) is 6.61 Å². The summed E-state index contributed by atoms with van der Waals surface area (Å²) in [6.45, 7) is 1.49. The van der Waals surface area contributed by atoms with E-state index in [1.807, 2.05) is 0 Å². The molecule has 6 heteroatoms. The minimum absolute atomic E-state index is 0.0115. The molecule has 0 radical (unpaired) electrons. The normalized spacial score (nSPS) is 14.2. The van der Waals surface area contributed by atoms with E-state index in [1.54, 1.807) is 0 Å². The highest BCUT2D eigenvalue weighted by Gasteiger charge is 2.31. The van der Waals surface area contributed by atoms with E-state index in [0.29, 0.717) is 0 Å². The summed E-state index contributed by atoms with van der Waals surface area (Å²) in [6, 6.07) is 2.94. The molecule has 4 nitrogen and oxygen atoms in total. The van der Waals surface area contributed by atoms with Gasteiger partial charge in [0.2, 0.25) is 0 Å². The van der Waals surface area contributed by atoms with Crippen LogP contribution in [0.5, 0.6) is 0 Å². The molecule has 1 rings (SSSR count). The van der Waals surface area contributed by atoms with Gasteiger partial charge < -0.3 is 14.9 Å². The second-order valence-electron chi connectivity index (χ2n) is 3.28. The molecule has 0 aliphatic heterocycles. The number of carbonyl (C=O) groups excluding carboxylic acids is 1. The zero-order valence-electron chi connectivity index (χ0n) is 9.06. The fourth-order valence-electron chi connectivity index (χ4n) is 1.31. The van der Waals surface area contributed by atoms with Gasteiger partial charge in [-0.2, -0.15) is 0 Å². The molecule has 0 saturated carbocycles. The molecule has 0 bridgehead atoms. The number of aliphatic hydroxyl groups is 2. The highest BCUT2D eigenvalue weighted by molar-refractivity contribution is 5.75. The summed E-state index contributed by atoms with van der Waals surface area (Å²) in [5.74, 6) is -3.22. The van der Waals surface area contributed by atoms with Crippen molar-refractivity contribution in [3.8, 4) is 0 Å². The SMILES string of the molecule is CCOC(=O)C(O)C(O)c1c(F)cccc1F. The number of ether oxygens (including phenoxy) is 1. The Bertz CT molecular complexity index is 388. The van der Waals surface area contributed by atoms with Crippen molar-refractivity contribution in [1.82, 2.24) is 0 Å². The first-order chi connectivity index (χ1) is 7.99. The summed E-state index contributed by atoms with van der Waals surface area (Å²) in [5, 5.41) is 18.9. The van der Waals surface area contributed by atoms with Crippen LogP contribution in [0.4, 0.5) is 8.78 Å². The number of halogens is 2. The second kappa shape index (κ2) is 5.70. The number of hydrogen-bond donors (Lipinski definition) is 2. The van der Waals surface area contributed by atoms with Crippen LogP contribution in [0.1, 0.15) is 18.6 Å². The Hall–Kier alpha value is -1.53. The molecular weight excluding hydrogens is 234 g/mol. The van der Waals surface area contributed by atoms with Gasteiger partial charge in [-0.25, -0.2) is 13.6 Å². The second-order valence-corrected chi connectivity index (χ2v) is 3.28. The highest BCUT2D eigenvalue weighted by atomic mass is 19.1. The molecule has 1 aromatic carbocycles. The molecule has 0 aliphatic carbocycles. The van der Waals surface area contributed by atoms with Crippen LogP contribution >= 0.6 is 0 Å². The van der Waals surface area contributed by atoms with Crippen molar-refractivity contribution in [2.24, 2.45) is 0 Å². The Kier molecular flexibility index (Phi) is 4.53. The molecule has 94 valence electrons. The van der Waals surface area contributed by atoms with Gasteiger partial charge >= 0.3 is 5.97 Å². The standard InChI is InChI=1S/C11H12F2O4/c1-2-17-11(16)10(15)9(14)8-6(12)4-3-5-7(8)13/h3-5,9-10,14-15H,2H2,1H3. The van der Waals surface area contributed by atoms with Gasteiger partial charge in [-0.05, 0) is 19.1 Å². The van der Waals surface area contributed by atoms with Crippen molar-refractivity contribution in [3.05, 3.63) is 35.4 Å². The number of carbonyl (C=O) groups is 1. The predicted molar refractivity (Wildman–Crippen MR) is 54.0 cm³/mol. The number of rotatable bonds is 4. The highest BCUT2D eigenvalue weighted by Crippen LogP contribution is 2.23. The molecule has 2 unspecified atom stereocenters. The van der Waals surface area contributed by atoms with Gasteiger partial charge in [-0.15, -0.1) is 0 Å². The lowest BCUT2D eigenvalue weighted by Crippen LogP contribution is -2.31. The minimum atomic E-state index is -2.03. The van der Waals surface area contributed by atoms with Gasteiger partial charge in [-0.3, -0.25) is 0 Å². The average molecular weight is 246 g/mol. The fourth-order valence-corrected chi connectivity index (χ4v) is 1.31. The third-order valence-electron chi connectivity index (χ3n) is 2.12. The van der Waals surface area contributed by atoms with Gasteiger partial charge in [0.1, 0.15) is 17.7 Å². The van der Waals surface area contributed by atoms with Crippen molar-refractivity contribution in [2.75, 3.05) is 6.61 Å². The van der Waals surface area contributed by atoms with Gasteiger partial charge in [0, 0.05) is 0 Å². The van der Waals surface area contributed by atoms with E-state index in [9.17, 15) is 23.8 Å². The topological polar surface area (TPSA) is 66.8 Å². The first kappa shape index (κ1) is 13.5. The van der Waals surface area contributed by atoms with Crippen LogP contribution in [0.3, 0.4) is 0 Å². The quantitative estimate of drug-likeness (QED) is 0.775. The van der Waals surface area contributed by atoms with Crippen molar-refractivity contribution in [1.29, 1.82) is 0 Å². The number of aliphatic hydroxyl groups excluding tert-OH is 2. The van der Waals surface area contributed by atoms with Gasteiger partial charge in [0.15, 0.2) is 6.10 Å². The molecule has 1 aromatic rings. The summed E-state index contributed by atoms with van der Waals surface area (Å²) < 4.78 is 30.9. The van der Waals surface area contributed by atoms with Crippen LogP contribution in [0.15, 0.2) is 18.2 Å². The lowest BCUT2D eigenvalue weighted by atomic mass is 10.0. The monoisotopic (exact) mass is 246 g/mol. The fraction of sp³-hybridized carbons (Fsp3) is 0.364. The predicted octanol–water partition coefficient (Wildman–Crippen LogP) is 0.922. The van der Waals surface area contributed by atoms with E-state index < -0.39 is 35.4 Å². The minimum Gasteiger partial charge on any atom is -0.464 e. The first-order valence-electron chi connectivity index (χ1n) is 4.95. The van der Waals surface area contributed by atoms with Crippen molar-refractivity contribution < 1.29 is 28.5 Å². The molecule has 0 fully saturated rings. The van der Waals surface area contributed by atoms with Crippen molar-refractivity contribution >= 4 is 5.97 Å². The van der Waals surface area contributed by atoms with Gasteiger partial charge in [-0.1, -0.05) is 6.07 Å². The Morgan fingerprint density at radius 1 is 1.35 bits per heavy atom. The lowest BCUT2D eigenvalue weighted by Gasteiger charge is -2.17. The van der Waals surface area contributed by atoms with Crippen molar-refractivity contribution in [2.45, 2.75) is 19.1 Å². The van der Waals surface area contributed by atoms with E-state index >= 15 is 0 Å². The average Bonchev–Trinajstić information content (AvgIpc) is 2.27. The molecular formula is C11H12F2O4. The third-order valence-corrected chi connectivity index (χ3v) is 2.12. The largest absolute Gasteiger partial charge is 0.464 e. The number of esters is 1. The van der Waals surface area contributed by atoms with Gasteiger partial charge in [0.05, 0.1) is 12.2 Å². The Morgan fingerprint density at radius 3 is 2.35 bits per heavy atom. The number of benzene rings is 1. The molecule has 2 N–H and O–H groups in total. The van der Waals surface area contributed by atoms with Crippen LogP contribution in [0.2, 0.25) is 0 Å². The van der Waals surface area contributed by atoms with E-state index in [4.69, 9.17) is 0 Å². The van der Waals surface area contributed by atoms with Crippen LogP contribution in [-0.2, 0) is 9.53 Å². The van der Waals surface area contributed by atoms with E-state index in [2.05, 4.69) is 4.74 Å². The maximum Gasteiger partial charge on any atom is 0.338 e. The molecule has 0 amide bonds. The molecule has 2 atom stereocenters. The zero-order chi connectivity index (χ0) is 13.0.